The molecule has 0 aromatic rings. The van der Waals surface area contributed by atoms with Crippen LogP contribution >= 0.6 is 0 Å². The van der Waals surface area contributed by atoms with Crippen LogP contribution in [0.5, 0.6) is 0 Å². The zero-order valence-corrected chi connectivity index (χ0v) is 12.9. The Labute approximate surface area is 128 Å². The molecule has 0 saturated heterocycles. The molecule has 3 aliphatic rings. The highest BCUT2D eigenvalue weighted by molar-refractivity contribution is 5.89. The van der Waals surface area contributed by atoms with Gasteiger partial charge in [0.1, 0.15) is 11.1 Å². The van der Waals surface area contributed by atoms with E-state index in [9.17, 15) is 24.6 Å². The maximum Gasteiger partial charge on any atom is 0.408 e. The van der Waals surface area contributed by atoms with Crippen molar-refractivity contribution in [3.05, 3.63) is 0 Å². The van der Waals surface area contributed by atoms with Crippen LogP contribution in [0.15, 0.2) is 0 Å². The molecule has 0 aromatic carbocycles. The average Bonchev–Trinajstić information content (AvgIpc) is 3.15. The normalized spacial score (nSPS) is 37.3. The molecule has 0 aromatic heterocycles. The van der Waals surface area contributed by atoms with Crippen molar-refractivity contribution in [1.82, 2.24) is 5.32 Å². The molecule has 1 unspecified atom stereocenters. The van der Waals surface area contributed by atoms with E-state index in [0.717, 1.165) is 12.8 Å². The molecule has 3 N–H and O–H groups in total. The Morgan fingerprint density at radius 2 is 1.73 bits per heavy atom. The second-order valence-corrected chi connectivity index (χ2v) is 7.86. The van der Waals surface area contributed by atoms with Gasteiger partial charge in [0.05, 0.1) is 5.92 Å². The van der Waals surface area contributed by atoms with Crippen LogP contribution in [0.3, 0.4) is 0 Å². The highest BCUT2D eigenvalue weighted by Crippen LogP contribution is 2.78. The summed E-state index contributed by atoms with van der Waals surface area (Å²) in [4.78, 5) is 35.3. The lowest BCUT2D eigenvalue weighted by Gasteiger charge is -2.31. The molecule has 1 amide bonds. The predicted molar refractivity (Wildman–Crippen MR) is 74.1 cm³/mol. The summed E-state index contributed by atoms with van der Waals surface area (Å²) >= 11 is 0. The van der Waals surface area contributed by atoms with Crippen molar-refractivity contribution in [2.45, 2.75) is 51.2 Å². The molecule has 4 atom stereocenters. The van der Waals surface area contributed by atoms with Gasteiger partial charge < -0.3 is 20.3 Å². The third-order valence-corrected chi connectivity index (χ3v) is 5.21. The molecular weight excluding hydrogens is 290 g/mol. The highest BCUT2D eigenvalue weighted by Gasteiger charge is 2.82. The summed E-state index contributed by atoms with van der Waals surface area (Å²) in [5.41, 5.74) is -2.48. The lowest BCUT2D eigenvalue weighted by atomic mass is 9.85. The molecule has 22 heavy (non-hydrogen) atoms. The lowest BCUT2D eigenvalue weighted by Crippen LogP contribution is -2.57. The van der Waals surface area contributed by atoms with Crippen molar-refractivity contribution in [3.63, 3.8) is 0 Å². The third kappa shape index (κ3) is 2.06. The van der Waals surface area contributed by atoms with E-state index >= 15 is 0 Å². The van der Waals surface area contributed by atoms with Crippen LogP contribution in [0, 0.1) is 23.2 Å². The molecule has 122 valence electrons. The Morgan fingerprint density at radius 3 is 2.14 bits per heavy atom. The molecule has 3 fully saturated rings. The number of carbonyl (C=O) groups is 3. The minimum absolute atomic E-state index is 0.143. The van der Waals surface area contributed by atoms with Crippen LogP contribution < -0.4 is 5.32 Å². The van der Waals surface area contributed by atoms with Crippen LogP contribution in [-0.2, 0) is 14.3 Å². The fourth-order valence-electron chi connectivity index (χ4n) is 4.34. The Balaban J connectivity index is 1.86. The Hall–Kier alpha value is -1.79. The number of hydrogen-bond donors (Lipinski definition) is 3. The number of ether oxygens (including phenoxy) is 1. The summed E-state index contributed by atoms with van der Waals surface area (Å²) in [5, 5.41) is 21.5. The molecule has 0 heterocycles. The van der Waals surface area contributed by atoms with Gasteiger partial charge in [-0.15, -0.1) is 0 Å². The molecule has 3 rings (SSSR count). The van der Waals surface area contributed by atoms with Gasteiger partial charge in [-0.25, -0.2) is 9.59 Å². The van der Waals surface area contributed by atoms with Gasteiger partial charge in [0, 0.05) is 5.92 Å². The molecule has 7 nitrogen and oxygen atoms in total. The Kier molecular flexibility index (Phi) is 2.85. The number of amides is 1. The summed E-state index contributed by atoms with van der Waals surface area (Å²) in [6.07, 6.45) is 1.17. The van der Waals surface area contributed by atoms with E-state index < -0.39 is 41.0 Å². The number of fused-ring (bicyclic) bond motifs is 2. The molecule has 7 heteroatoms. The van der Waals surface area contributed by atoms with Crippen LogP contribution in [0.2, 0.25) is 0 Å². The summed E-state index contributed by atoms with van der Waals surface area (Å²) in [7, 11) is 0. The van der Waals surface area contributed by atoms with E-state index in [1.165, 1.54) is 0 Å². The van der Waals surface area contributed by atoms with E-state index in [-0.39, 0.29) is 11.3 Å². The van der Waals surface area contributed by atoms with Gasteiger partial charge >= 0.3 is 18.0 Å². The first-order valence-electron chi connectivity index (χ1n) is 7.50. The molecule has 0 radical (unpaired) electrons. The number of carbonyl (C=O) groups excluding carboxylic acids is 1. The monoisotopic (exact) mass is 311 g/mol. The fourth-order valence-corrected chi connectivity index (χ4v) is 4.34. The standard InChI is InChI=1S/C15H21NO6/c1-13(2,3)22-12(21)16-15(11(19)20)6-14(4-5-14)8-7(9(8)15)10(17)18/h7-9H,4-6H2,1-3H3,(H,16,21)(H,17,18)(H,19,20)/t7-,8?,9+,15-/m0/s1. The molecule has 0 bridgehead atoms. The van der Waals surface area contributed by atoms with Crippen molar-refractivity contribution >= 4 is 18.0 Å². The zero-order valence-electron chi connectivity index (χ0n) is 12.9. The fraction of sp³-hybridized carbons (Fsp3) is 0.800. The number of alkyl carbamates (subject to hydrolysis) is 1. The molecule has 1 spiro atoms. The van der Waals surface area contributed by atoms with Crippen LogP contribution in [0.1, 0.15) is 40.0 Å². The second kappa shape index (κ2) is 4.14. The summed E-state index contributed by atoms with van der Waals surface area (Å²) in [6.45, 7) is 5.07. The minimum atomic E-state index is -1.52. The maximum atomic E-state index is 12.1. The Bertz CT molecular complexity index is 561. The number of carboxylic acid groups (broad SMARTS) is 2. The summed E-state index contributed by atoms with van der Waals surface area (Å²) in [6, 6.07) is 0. The van der Waals surface area contributed by atoms with Gasteiger partial charge in [-0.05, 0) is 51.4 Å². The number of nitrogens with one attached hydrogen (secondary N) is 1. The number of carboxylic acids is 2. The van der Waals surface area contributed by atoms with Crippen LogP contribution in [0.4, 0.5) is 4.79 Å². The van der Waals surface area contributed by atoms with E-state index in [4.69, 9.17) is 4.74 Å². The smallest absolute Gasteiger partial charge is 0.408 e. The van der Waals surface area contributed by atoms with Gasteiger partial charge in [-0.3, -0.25) is 4.79 Å². The molecular formula is C15H21NO6. The highest BCUT2D eigenvalue weighted by atomic mass is 16.6. The van der Waals surface area contributed by atoms with Gasteiger partial charge in [0.2, 0.25) is 0 Å². The predicted octanol–water partition coefficient (Wildman–Crippen LogP) is 1.47. The van der Waals surface area contributed by atoms with Gasteiger partial charge in [0.25, 0.3) is 0 Å². The summed E-state index contributed by atoms with van der Waals surface area (Å²) < 4.78 is 5.17. The first-order valence-corrected chi connectivity index (χ1v) is 7.50. The molecule has 3 saturated carbocycles. The average molecular weight is 311 g/mol. The van der Waals surface area contributed by atoms with Crippen molar-refractivity contribution in [1.29, 1.82) is 0 Å². The first kappa shape index (κ1) is 15.1. The first-order chi connectivity index (χ1) is 10.0. The lowest BCUT2D eigenvalue weighted by molar-refractivity contribution is -0.147. The summed E-state index contributed by atoms with van der Waals surface area (Å²) in [5.74, 6) is -3.51. The van der Waals surface area contributed by atoms with E-state index in [2.05, 4.69) is 5.32 Å². The van der Waals surface area contributed by atoms with Crippen molar-refractivity contribution in [2.75, 3.05) is 0 Å². The van der Waals surface area contributed by atoms with Crippen LogP contribution in [-0.4, -0.2) is 39.4 Å². The Morgan fingerprint density at radius 1 is 1.14 bits per heavy atom. The van der Waals surface area contributed by atoms with E-state index in [0.29, 0.717) is 6.42 Å². The number of rotatable bonds is 3. The van der Waals surface area contributed by atoms with E-state index in [1.807, 2.05) is 0 Å². The molecule has 3 aliphatic carbocycles. The largest absolute Gasteiger partial charge is 0.481 e. The minimum Gasteiger partial charge on any atom is -0.481 e. The van der Waals surface area contributed by atoms with Crippen LogP contribution in [0.25, 0.3) is 0 Å². The topological polar surface area (TPSA) is 113 Å². The van der Waals surface area contributed by atoms with Crippen molar-refractivity contribution in [2.24, 2.45) is 23.2 Å². The van der Waals surface area contributed by atoms with E-state index in [1.54, 1.807) is 20.8 Å². The van der Waals surface area contributed by atoms with Gasteiger partial charge in [0.15, 0.2) is 0 Å². The van der Waals surface area contributed by atoms with Gasteiger partial charge in [-0.2, -0.15) is 0 Å². The number of aliphatic carboxylic acids is 2. The van der Waals surface area contributed by atoms with Crippen molar-refractivity contribution < 1.29 is 29.3 Å². The molecule has 0 aliphatic heterocycles. The SMILES string of the molecule is CC(C)(C)OC(=O)N[C@@]1(C(=O)O)CC2(CC2)C2[C@H](C(=O)O)[C@H]21. The second-order valence-electron chi connectivity index (χ2n) is 7.86. The quantitative estimate of drug-likeness (QED) is 0.727. The maximum absolute atomic E-state index is 12.1. The zero-order chi connectivity index (χ0) is 16.5. The van der Waals surface area contributed by atoms with Crippen molar-refractivity contribution in [3.8, 4) is 0 Å². The van der Waals surface area contributed by atoms with Gasteiger partial charge in [-0.1, -0.05) is 0 Å². The number of hydrogen-bond acceptors (Lipinski definition) is 4. The third-order valence-electron chi connectivity index (χ3n) is 5.21.